The van der Waals surface area contributed by atoms with E-state index in [9.17, 15) is 13.2 Å². The zero-order valence-electron chi connectivity index (χ0n) is 15.8. The molecular formula is C18H29F3IN5. The lowest BCUT2D eigenvalue weighted by molar-refractivity contribution is -0.143. The summed E-state index contributed by atoms with van der Waals surface area (Å²) in [7, 11) is 3.72. The van der Waals surface area contributed by atoms with Gasteiger partial charge >= 0.3 is 6.18 Å². The van der Waals surface area contributed by atoms with E-state index in [2.05, 4.69) is 39.7 Å². The van der Waals surface area contributed by atoms with E-state index in [1.54, 1.807) is 7.05 Å². The molecule has 1 aromatic carbocycles. The van der Waals surface area contributed by atoms with E-state index >= 15 is 0 Å². The Kier molecular flexibility index (Phi) is 10.4. The quantitative estimate of drug-likeness (QED) is 0.344. The van der Waals surface area contributed by atoms with Gasteiger partial charge in [-0.3, -0.25) is 9.89 Å². The van der Waals surface area contributed by atoms with Crippen molar-refractivity contribution in [3.63, 3.8) is 0 Å². The molecule has 1 atom stereocenters. The van der Waals surface area contributed by atoms with Crippen molar-refractivity contribution in [1.82, 2.24) is 20.4 Å². The molecule has 1 heterocycles. The summed E-state index contributed by atoms with van der Waals surface area (Å²) >= 11 is 0. The van der Waals surface area contributed by atoms with Crippen LogP contribution in [0.4, 0.5) is 13.2 Å². The van der Waals surface area contributed by atoms with Crippen molar-refractivity contribution in [1.29, 1.82) is 0 Å². The standard InChI is InChI=1S/C18H28F3N5.HI/c1-22-17(24-16-8-10-26(13-16)14-18(19,20)21)23-9-11-25(2)12-15-6-4-3-5-7-15;/h3-7,16H,8-14H2,1-2H3,(H2,22,23,24);1H. The van der Waals surface area contributed by atoms with Crippen molar-refractivity contribution in [3.05, 3.63) is 35.9 Å². The van der Waals surface area contributed by atoms with Crippen LogP contribution >= 0.6 is 24.0 Å². The number of likely N-dealkylation sites (tertiary alicyclic amines) is 1. The van der Waals surface area contributed by atoms with Crippen molar-refractivity contribution < 1.29 is 13.2 Å². The minimum atomic E-state index is -4.14. The number of likely N-dealkylation sites (N-methyl/N-ethyl adjacent to an activating group) is 1. The van der Waals surface area contributed by atoms with E-state index in [0.29, 0.717) is 32.0 Å². The van der Waals surface area contributed by atoms with Gasteiger partial charge in [0.25, 0.3) is 0 Å². The number of hydrogen-bond donors (Lipinski definition) is 2. The van der Waals surface area contributed by atoms with Crippen LogP contribution in [0.2, 0.25) is 0 Å². The highest BCUT2D eigenvalue weighted by atomic mass is 127. The smallest absolute Gasteiger partial charge is 0.355 e. The Balaban J connectivity index is 0.00000364. The third-order valence-corrected chi connectivity index (χ3v) is 4.32. The lowest BCUT2D eigenvalue weighted by Gasteiger charge is -2.21. The van der Waals surface area contributed by atoms with Crippen LogP contribution in [0.5, 0.6) is 0 Å². The summed E-state index contributed by atoms with van der Waals surface area (Å²) in [6.45, 7) is 2.40. The molecule has 27 heavy (non-hydrogen) atoms. The number of aliphatic imine (C=N–C) groups is 1. The van der Waals surface area contributed by atoms with Crippen molar-refractivity contribution in [2.75, 3.05) is 46.8 Å². The number of nitrogens with one attached hydrogen (secondary N) is 2. The van der Waals surface area contributed by atoms with Gasteiger partial charge in [0.2, 0.25) is 0 Å². The Morgan fingerprint density at radius 1 is 1.30 bits per heavy atom. The predicted molar refractivity (Wildman–Crippen MR) is 114 cm³/mol. The number of hydrogen-bond acceptors (Lipinski definition) is 3. The number of halogens is 4. The maximum Gasteiger partial charge on any atom is 0.401 e. The topological polar surface area (TPSA) is 42.9 Å². The Morgan fingerprint density at radius 3 is 2.63 bits per heavy atom. The van der Waals surface area contributed by atoms with Crippen LogP contribution in [0, 0.1) is 0 Å². The van der Waals surface area contributed by atoms with Gasteiger partial charge in [0, 0.05) is 45.8 Å². The number of guanidine groups is 1. The van der Waals surface area contributed by atoms with E-state index in [-0.39, 0.29) is 30.0 Å². The Hall–Kier alpha value is -1.07. The molecule has 0 spiro atoms. The Morgan fingerprint density at radius 2 is 2.00 bits per heavy atom. The van der Waals surface area contributed by atoms with E-state index in [0.717, 1.165) is 13.1 Å². The van der Waals surface area contributed by atoms with Crippen LogP contribution in [-0.4, -0.2) is 74.8 Å². The van der Waals surface area contributed by atoms with Gasteiger partial charge in [0.05, 0.1) is 6.54 Å². The van der Waals surface area contributed by atoms with Crippen molar-refractivity contribution in [2.24, 2.45) is 4.99 Å². The maximum atomic E-state index is 12.5. The molecule has 0 amide bonds. The highest BCUT2D eigenvalue weighted by Crippen LogP contribution is 2.19. The average molecular weight is 499 g/mol. The molecule has 1 unspecified atom stereocenters. The van der Waals surface area contributed by atoms with Gasteiger partial charge in [-0.2, -0.15) is 13.2 Å². The molecule has 2 rings (SSSR count). The van der Waals surface area contributed by atoms with Gasteiger partial charge in [-0.1, -0.05) is 30.3 Å². The summed E-state index contributed by atoms with van der Waals surface area (Å²) in [6, 6.07) is 10.2. The molecule has 1 aromatic rings. The van der Waals surface area contributed by atoms with E-state index in [4.69, 9.17) is 0 Å². The van der Waals surface area contributed by atoms with E-state index < -0.39 is 12.7 Å². The van der Waals surface area contributed by atoms with Crippen LogP contribution in [0.15, 0.2) is 35.3 Å². The molecule has 9 heteroatoms. The Bertz CT molecular complexity index is 568. The molecule has 1 aliphatic rings. The fourth-order valence-corrected chi connectivity index (χ4v) is 3.07. The first kappa shape index (κ1) is 24.0. The zero-order valence-corrected chi connectivity index (χ0v) is 18.1. The molecule has 0 aromatic heterocycles. The summed E-state index contributed by atoms with van der Waals surface area (Å²) in [5, 5.41) is 6.45. The molecule has 1 saturated heterocycles. The molecule has 2 N–H and O–H groups in total. The summed E-state index contributed by atoms with van der Waals surface area (Å²) in [5.74, 6) is 0.636. The largest absolute Gasteiger partial charge is 0.401 e. The summed E-state index contributed by atoms with van der Waals surface area (Å²) in [4.78, 5) is 7.80. The number of rotatable bonds is 7. The molecule has 5 nitrogen and oxygen atoms in total. The minimum absolute atomic E-state index is 0. The van der Waals surface area contributed by atoms with Crippen LogP contribution in [0.1, 0.15) is 12.0 Å². The molecule has 1 aliphatic heterocycles. The third-order valence-electron chi connectivity index (χ3n) is 4.32. The van der Waals surface area contributed by atoms with Gasteiger partial charge < -0.3 is 15.5 Å². The normalized spacial score (nSPS) is 18.4. The van der Waals surface area contributed by atoms with Crippen LogP contribution in [0.3, 0.4) is 0 Å². The highest BCUT2D eigenvalue weighted by Gasteiger charge is 2.34. The van der Waals surface area contributed by atoms with Gasteiger partial charge in [0.1, 0.15) is 0 Å². The Labute approximate surface area is 176 Å². The van der Waals surface area contributed by atoms with Crippen molar-refractivity contribution >= 4 is 29.9 Å². The van der Waals surface area contributed by atoms with E-state index in [1.165, 1.54) is 10.5 Å². The molecule has 0 bridgehead atoms. The predicted octanol–water partition coefficient (Wildman–Crippen LogP) is 2.54. The number of alkyl halides is 3. The first-order valence-electron chi connectivity index (χ1n) is 8.84. The average Bonchev–Trinajstić information content (AvgIpc) is 2.99. The maximum absolute atomic E-state index is 12.5. The van der Waals surface area contributed by atoms with Crippen LogP contribution < -0.4 is 10.6 Å². The van der Waals surface area contributed by atoms with Crippen molar-refractivity contribution in [3.8, 4) is 0 Å². The molecule has 0 saturated carbocycles. The second-order valence-electron chi connectivity index (χ2n) is 6.70. The summed E-state index contributed by atoms with van der Waals surface area (Å²) in [6.07, 6.45) is -3.46. The summed E-state index contributed by atoms with van der Waals surface area (Å²) < 4.78 is 37.4. The lowest BCUT2D eigenvalue weighted by atomic mass is 10.2. The number of benzene rings is 1. The summed E-state index contributed by atoms with van der Waals surface area (Å²) in [5.41, 5.74) is 1.26. The monoisotopic (exact) mass is 499 g/mol. The first-order chi connectivity index (χ1) is 12.4. The first-order valence-corrected chi connectivity index (χ1v) is 8.84. The van der Waals surface area contributed by atoms with E-state index in [1.807, 2.05) is 18.2 Å². The molecule has 0 radical (unpaired) electrons. The second-order valence-corrected chi connectivity index (χ2v) is 6.70. The molecule has 0 aliphatic carbocycles. The van der Waals surface area contributed by atoms with Crippen LogP contribution in [-0.2, 0) is 6.54 Å². The van der Waals surface area contributed by atoms with Crippen LogP contribution in [0.25, 0.3) is 0 Å². The fraction of sp³-hybridized carbons (Fsp3) is 0.611. The van der Waals surface area contributed by atoms with Gasteiger partial charge in [0.15, 0.2) is 5.96 Å². The van der Waals surface area contributed by atoms with Crippen molar-refractivity contribution in [2.45, 2.75) is 25.2 Å². The lowest BCUT2D eigenvalue weighted by Crippen LogP contribution is -2.46. The molecular weight excluding hydrogens is 470 g/mol. The molecule has 154 valence electrons. The minimum Gasteiger partial charge on any atom is -0.355 e. The zero-order chi connectivity index (χ0) is 19.0. The molecule has 1 fully saturated rings. The second kappa shape index (κ2) is 11.7. The highest BCUT2D eigenvalue weighted by molar-refractivity contribution is 14.0. The van der Waals surface area contributed by atoms with Gasteiger partial charge in [-0.15, -0.1) is 24.0 Å². The van der Waals surface area contributed by atoms with Gasteiger partial charge in [-0.25, -0.2) is 0 Å². The number of nitrogens with zero attached hydrogens (tertiary/aromatic N) is 3. The van der Waals surface area contributed by atoms with Gasteiger partial charge in [-0.05, 0) is 19.0 Å². The SMILES string of the molecule is CN=C(NCCN(C)Cc1ccccc1)NC1CCN(CC(F)(F)F)C1.I. The third kappa shape index (κ3) is 9.61. The fourth-order valence-electron chi connectivity index (χ4n) is 3.07.